The molecule has 2 aromatic rings. The van der Waals surface area contributed by atoms with Gasteiger partial charge in [-0.3, -0.25) is 9.69 Å². The fourth-order valence-corrected chi connectivity index (χ4v) is 4.05. The van der Waals surface area contributed by atoms with Gasteiger partial charge in [-0.1, -0.05) is 35.9 Å². The predicted molar refractivity (Wildman–Crippen MR) is 101 cm³/mol. The Labute approximate surface area is 166 Å². The second kappa shape index (κ2) is 8.13. The van der Waals surface area contributed by atoms with Crippen LogP contribution in [0.25, 0.3) is 0 Å². The fourth-order valence-electron chi connectivity index (χ4n) is 3.83. The van der Waals surface area contributed by atoms with E-state index in [9.17, 15) is 23.1 Å². The zero-order chi connectivity index (χ0) is 20.5. The van der Waals surface area contributed by atoms with Crippen molar-refractivity contribution in [2.75, 3.05) is 13.1 Å². The predicted octanol–water partition coefficient (Wildman–Crippen LogP) is 5.55. The molecule has 0 spiro atoms. The van der Waals surface area contributed by atoms with Crippen LogP contribution in [0.2, 0.25) is 5.02 Å². The van der Waals surface area contributed by atoms with Crippen molar-refractivity contribution in [3.8, 4) is 0 Å². The lowest BCUT2D eigenvalue weighted by molar-refractivity contribution is -0.143. The van der Waals surface area contributed by atoms with Gasteiger partial charge in [0.25, 0.3) is 0 Å². The van der Waals surface area contributed by atoms with Gasteiger partial charge < -0.3 is 5.11 Å². The van der Waals surface area contributed by atoms with E-state index in [1.807, 2.05) is 36.1 Å². The van der Waals surface area contributed by atoms with Crippen LogP contribution in [0.15, 0.2) is 42.5 Å². The molecule has 28 heavy (non-hydrogen) atoms. The molecular weight excluding hydrogens is 391 g/mol. The first kappa shape index (κ1) is 20.7. The number of carboxylic acid groups (broad SMARTS) is 1. The zero-order valence-corrected chi connectivity index (χ0v) is 16.1. The van der Waals surface area contributed by atoms with Crippen LogP contribution < -0.4 is 0 Å². The number of rotatable bonds is 4. The quantitative estimate of drug-likeness (QED) is 0.716. The molecule has 2 aromatic carbocycles. The Morgan fingerprint density at radius 3 is 2.57 bits per heavy atom. The maximum atomic E-state index is 13.3. The van der Waals surface area contributed by atoms with Crippen LogP contribution in [0.4, 0.5) is 13.2 Å². The molecule has 2 unspecified atom stereocenters. The topological polar surface area (TPSA) is 40.5 Å². The van der Waals surface area contributed by atoms with Gasteiger partial charge in [-0.2, -0.15) is 13.2 Å². The summed E-state index contributed by atoms with van der Waals surface area (Å²) in [6, 6.07) is 10.2. The summed E-state index contributed by atoms with van der Waals surface area (Å²) in [7, 11) is 0. The number of aryl methyl sites for hydroxylation is 1. The highest BCUT2D eigenvalue weighted by Crippen LogP contribution is 2.40. The SMILES string of the molecule is Cc1ccccc1C(c1cc(C(F)(F)F)ccc1Cl)N1CCCC(C(=O)O)C1. The van der Waals surface area contributed by atoms with Gasteiger partial charge in [0, 0.05) is 11.6 Å². The van der Waals surface area contributed by atoms with Gasteiger partial charge in [0.1, 0.15) is 0 Å². The number of nitrogens with zero attached hydrogens (tertiary/aromatic N) is 1. The van der Waals surface area contributed by atoms with E-state index in [2.05, 4.69) is 0 Å². The minimum atomic E-state index is -4.49. The number of aliphatic carboxylic acids is 1. The zero-order valence-electron chi connectivity index (χ0n) is 15.3. The third-order valence-corrected chi connectivity index (χ3v) is 5.61. The number of likely N-dealkylation sites (tertiary alicyclic amines) is 1. The average molecular weight is 412 g/mol. The Morgan fingerprint density at radius 2 is 1.93 bits per heavy atom. The summed E-state index contributed by atoms with van der Waals surface area (Å²) in [5, 5.41) is 9.67. The molecule has 0 aliphatic carbocycles. The van der Waals surface area contributed by atoms with Crippen molar-refractivity contribution < 1.29 is 23.1 Å². The van der Waals surface area contributed by atoms with Crippen molar-refractivity contribution in [1.82, 2.24) is 4.90 Å². The van der Waals surface area contributed by atoms with Crippen LogP contribution in [-0.4, -0.2) is 29.1 Å². The van der Waals surface area contributed by atoms with E-state index in [1.54, 1.807) is 0 Å². The highest BCUT2D eigenvalue weighted by molar-refractivity contribution is 6.31. The van der Waals surface area contributed by atoms with Crippen molar-refractivity contribution in [3.63, 3.8) is 0 Å². The van der Waals surface area contributed by atoms with Crippen LogP contribution >= 0.6 is 11.6 Å². The lowest BCUT2D eigenvalue weighted by Crippen LogP contribution is -2.41. The largest absolute Gasteiger partial charge is 0.481 e. The number of benzene rings is 2. The number of alkyl halides is 3. The number of hydrogen-bond donors (Lipinski definition) is 1. The molecule has 0 bridgehead atoms. The monoisotopic (exact) mass is 411 g/mol. The van der Waals surface area contributed by atoms with Crippen LogP contribution in [0.3, 0.4) is 0 Å². The Bertz CT molecular complexity index is 869. The third kappa shape index (κ3) is 4.33. The number of halogens is 4. The lowest BCUT2D eigenvalue weighted by atomic mass is 9.89. The molecule has 1 aliphatic rings. The smallest absolute Gasteiger partial charge is 0.416 e. The summed E-state index contributed by atoms with van der Waals surface area (Å²) in [6.45, 7) is 2.75. The normalized spacial score (nSPS) is 19.4. The molecule has 7 heteroatoms. The van der Waals surface area contributed by atoms with E-state index in [1.165, 1.54) is 6.07 Å². The van der Waals surface area contributed by atoms with Gasteiger partial charge in [0.15, 0.2) is 0 Å². The maximum absolute atomic E-state index is 13.3. The average Bonchev–Trinajstić information content (AvgIpc) is 2.64. The highest BCUT2D eigenvalue weighted by Gasteiger charge is 2.35. The van der Waals surface area contributed by atoms with Crippen LogP contribution in [0.1, 0.15) is 41.1 Å². The van der Waals surface area contributed by atoms with E-state index in [0.717, 1.165) is 23.3 Å². The summed E-state index contributed by atoms with van der Waals surface area (Å²) in [5.74, 6) is -1.44. The molecule has 0 aromatic heterocycles. The van der Waals surface area contributed by atoms with Crippen LogP contribution in [0, 0.1) is 12.8 Å². The number of hydrogen-bond acceptors (Lipinski definition) is 2. The van der Waals surface area contributed by atoms with Gasteiger partial charge in [-0.15, -0.1) is 0 Å². The van der Waals surface area contributed by atoms with Crippen molar-refractivity contribution in [3.05, 3.63) is 69.7 Å². The van der Waals surface area contributed by atoms with E-state index in [-0.39, 0.29) is 11.6 Å². The lowest BCUT2D eigenvalue weighted by Gasteiger charge is -2.38. The molecule has 1 heterocycles. The molecule has 0 radical (unpaired) electrons. The van der Waals surface area contributed by atoms with Crippen LogP contribution in [-0.2, 0) is 11.0 Å². The summed E-state index contributed by atoms with van der Waals surface area (Å²) in [6.07, 6.45) is -3.26. The van der Waals surface area contributed by atoms with Crippen molar-refractivity contribution in [2.24, 2.45) is 5.92 Å². The van der Waals surface area contributed by atoms with Crippen LogP contribution in [0.5, 0.6) is 0 Å². The molecule has 1 saturated heterocycles. The van der Waals surface area contributed by atoms with Crippen molar-refractivity contribution >= 4 is 17.6 Å². The van der Waals surface area contributed by atoms with Gasteiger partial charge >= 0.3 is 12.1 Å². The van der Waals surface area contributed by atoms with Crippen molar-refractivity contribution in [2.45, 2.75) is 32.0 Å². The summed E-state index contributed by atoms with van der Waals surface area (Å²) in [4.78, 5) is 13.4. The molecule has 0 saturated carbocycles. The summed E-state index contributed by atoms with van der Waals surface area (Å²) >= 11 is 6.35. The molecule has 0 amide bonds. The molecular formula is C21H21ClF3NO2. The Balaban J connectivity index is 2.13. The van der Waals surface area contributed by atoms with Gasteiger partial charge in [0.05, 0.1) is 17.5 Å². The number of carboxylic acids is 1. The van der Waals surface area contributed by atoms with Gasteiger partial charge in [-0.25, -0.2) is 0 Å². The first-order valence-corrected chi connectivity index (χ1v) is 9.45. The standard InChI is InChI=1S/C21H21ClF3NO2/c1-13-5-2-3-7-16(13)19(26-10-4-6-14(12-26)20(27)28)17-11-15(21(23,24)25)8-9-18(17)22/h2-3,5,7-9,11,14,19H,4,6,10,12H2,1H3,(H,27,28). The Morgan fingerprint density at radius 1 is 1.21 bits per heavy atom. The molecule has 1 fully saturated rings. The molecule has 3 rings (SSSR count). The van der Waals surface area contributed by atoms with Crippen molar-refractivity contribution in [1.29, 1.82) is 0 Å². The second-order valence-electron chi connectivity index (χ2n) is 7.17. The van der Waals surface area contributed by atoms with E-state index in [0.29, 0.717) is 24.9 Å². The fraction of sp³-hybridized carbons (Fsp3) is 0.381. The highest BCUT2D eigenvalue weighted by atomic mass is 35.5. The maximum Gasteiger partial charge on any atom is 0.416 e. The third-order valence-electron chi connectivity index (χ3n) is 5.27. The minimum absolute atomic E-state index is 0.235. The molecule has 1 N–H and O–H groups in total. The number of carbonyl (C=O) groups is 1. The first-order valence-electron chi connectivity index (χ1n) is 9.07. The Kier molecular flexibility index (Phi) is 6.01. The number of piperidine rings is 1. The second-order valence-corrected chi connectivity index (χ2v) is 7.57. The van der Waals surface area contributed by atoms with Gasteiger partial charge in [-0.05, 0) is 61.2 Å². The van der Waals surface area contributed by atoms with E-state index >= 15 is 0 Å². The van der Waals surface area contributed by atoms with Gasteiger partial charge in [0.2, 0.25) is 0 Å². The first-order chi connectivity index (χ1) is 13.2. The molecule has 1 aliphatic heterocycles. The molecule has 3 nitrogen and oxygen atoms in total. The summed E-state index contributed by atoms with van der Waals surface area (Å²) < 4.78 is 40.0. The molecule has 150 valence electrons. The van der Waals surface area contributed by atoms with E-state index < -0.39 is 29.7 Å². The molecule has 2 atom stereocenters. The van der Waals surface area contributed by atoms with E-state index in [4.69, 9.17) is 11.6 Å². The summed E-state index contributed by atoms with van der Waals surface area (Å²) in [5.41, 5.74) is 1.32. The Hall–Kier alpha value is -2.05. The minimum Gasteiger partial charge on any atom is -0.481 e.